The van der Waals surface area contributed by atoms with E-state index in [4.69, 9.17) is 30.1 Å². The molecule has 0 radical (unpaired) electrons. The molecule has 2 aromatic carbocycles. The molecule has 0 aliphatic carbocycles. The summed E-state index contributed by atoms with van der Waals surface area (Å²) in [7, 11) is 3.05. The zero-order chi connectivity index (χ0) is 31.4. The number of amides is 2. The third kappa shape index (κ3) is 6.74. The van der Waals surface area contributed by atoms with Gasteiger partial charge in [0, 0.05) is 31.1 Å². The minimum Gasteiger partial charge on any atom is -0.490 e. The molecule has 1 aliphatic heterocycles. The lowest BCUT2D eigenvalue weighted by Crippen LogP contribution is -2.41. The first kappa shape index (κ1) is 30.6. The van der Waals surface area contributed by atoms with Gasteiger partial charge < -0.3 is 40.0 Å². The Hall–Kier alpha value is -5.40. The summed E-state index contributed by atoms with van der Waals surface area (Å²) in [4.78, 5) is 47.4. The summed E-state index contributed by atoms with van der Waals surface area (Å²) >= 11 is 0. The molecule has 1 aromatic heterocycles. The van der Waals surface area contributed by atoms with Gasteiger partial charge in [-0.2, -0.15) is 9.97 Å². The Morgan fingerprint density at radius 3 is 2.44 bits per heavy atom. The van der Waals surface area contributed by atoms with Gasteiger partial charge in [0.1, 0.15) is 11.6 Å². The molecule has 43 heavy (non-hydrogen) atoms. The Kier molecular flexibility index (Phi) is 8.98. The van der Waals surface area contributed by atoms with E-state index in [1.165, 1.54) is 43.3 Å². The second-order valence-electron chi connectivity index (χ2n) is 9.87. The van der Waals surface area contributed by atoms with Crippen LogP contribution in [0.1, 0.15) is 53.5 Å². The van der Waals surface area contributed by atoms with Gasteiger partial charge in [0.05, 0.1) is 12.2 Å². The number of rotatable bonds is 11. The fourth-order valence-electron chi connectivity index (χ4n) is 4.07. The molecule has 2 unspecified atom stereocenters. The SMILES string of the molecule is CCOc1ccc(C(=N)N)cc1Oc1nc(Oc2cc(C(=O)O)cc(C(=O)N(C)C)c2)c2c(n1)OC(C(C)CC)C(=O)N2. The number of hydrogen-bond acceptors (Lipinski definition) is 10. The molecule has 2 atom stereocenters. The molecule has 1 aliphatic rings. The van der Waals surface area contributed by atoms with Crippen LogP contribution in [-0.2, 0) is 4.79 Å². The highest BCUT2D eigenvalue weighted by atomic mass is 16.5. The van der Waals surface area contributed by atoms with Crippen LogP contribution in [0.15, 0.2) is 36.4 Å². The smallest absolute Gasteiger partial charge is 0.335 e. The van der Waals surface area contributed by atoms with Crippen molar-refractivity contribution in [3.8, 4) is 35.0 Å². The molecule has 226 valence electrons. The number of aromatic carboxylic acids is 1. The zero-order valence-electron chi connectivity index (χ0n) is 24.3. The molecule has 0 saturated heterocycles. The van der Waals surface area contributed by atoms with Crippen molar-refractivity contribution in [1.29, 1.82) is 5.41 Å². The van der Waals surface area contributed by atoms with E-state index in [0.29, 0.717) is 24.3 Å². The van der Waals surface area contributed by atoms with Gasteiger partial charge in [-0.15, -0.1) is 0 Å². The van der Waals surface area contributed by atoms with Crippen molar-refractivity contribution in [2.24, 2.45) is 11.7 Å². The van der Waals surface area contributed by atoms with E-state index in [0.717, 1.165) is 0 Å². The van der Waals surface area contributed by atoms with E-state index in [2.05, 4.69) is 15.3 Å². The summed E-state index contributed by atoms with van der Waals surface area (Å²) in [5, 5.41) is 20.2. The number of nitrogens with two attached hydrogens (primary N) is 1. The van der Waals surface area contributed by atoms with Gasteiger partial charge in [-0.05, 0) is 49.7 Å². The Morgan fingerprint density at radius 2 is 1.81 bits per heavy atom. The predicted molar refractivity (Wildman–Crippen MR) is 155 cm³/mol. The molecule has 0 saturated carbocycles. The molecule has 4 rings (SSSR count). The van der Waals surface area contributed by atoms with Crippen LogP contribution in [0.25, 0.3) is 0 Å². The van der Waals surface area contributed by atoms with Gasteiger partial charge >= 0.3 is 12.0 Å². The van der Waals surface area contributed by atoms with Gasteiger partial charge in [-0.3, -0.25) is 15.0 Å². The number of hydrogen-bond donors (Lipinski definition) is 4. The first-order valence-corrected chi connectivity index (χ1v) is 13.4. The maximum Gasteiger partial charge on any atom is 0.335 e. The number of carboxylic acid groups (broad SMARTS) is 1. The molecule has 2 heterocycles. The number of nitrogens with one attached hydrogen (secondary N) is 2. The minimum atomic E-state index is -1.28. The Labute approximate surface area is 247 Å². The monoisotopic (exact) mass is 592 g/mol. The van der Waals surface area contributed by atoms with Gasteiger partial charge in [-0.25, -0.2) is 4.79 Å². The third-order valence-electron chi connectivity index (χ3n) is 6.51. The lowest BCUT2D eigenvalue weighted by Gasteiger charge is -2.29. The predicted octanol–water partition coefficient (Wildman–Crippen LogP) is 3.89. The maximum atomic E-state index is 13.0. The molecule has 0 fully saturated rings. The Bertz CT molecular complexity index is 1590. The normalized spacial score (nSPS) is 14.4. The average molecular weight is 593 g/mol. The standard InChI is InChI=1S/C29H32N6O8/c1-6-14(3)22-24(36)32-21-25(41-18-11-16(27(37)35(4)5)10-17(12-18)28(38)39)33-29(34-26(21)43-22)42-20-13-15(23(30)31)8-9-19(20)40-7-2/h8-14,22H,6-7H2,1-5H3,(H3,30,31)(H,32,36)(H,38,39). The first-order valence-electron chi connectivity index (χ1n) is 13.4. The molecule has 3 aromatic rings. The minimum absolute atomic E-state index is 0.0133. The summed E-state index contributed by atoms with van der Waals surface area (Å²) in [5.74, 6) is -2.42. The largest absolute Gasteiger partial charge is 0.490 e. The average Bonchev–Trinajstić information content (AvgIpc) is 2.97. The highest BCUT2D eigenvalue weighted by Gasteiger charge is 2.36. The lowest BCUT2D eigenvalue weighted by atomic mass is 10.0. The topological polar surface area (TPSA) is 199 Å². The van der Waals surface area contributed by atoms with E-state index in [9.17, 15) is 19.5 Å². The van der Waals surface area contributed by atoms with Crippen molar-refractivity contribution < 1.29 is 38.4 Å². The molecule has 5 N–H and O–H groups in total. The molecule has 14 nitrogen and oxygen atoms in total. The fraction of sp³-hybridized carbons (Fsp3) is 0.310. The fourth-order valence-corrected chi connectivity index (χ4v) is 4.07. The number of aromatic nitrogens is 2. The maximum absolute atomic E-state index is 13.0. The quantitative estimate of drug-likeness (QED) is 0.186. The van der Waals surface area contributed by atoms with Crippen LogP contribution >= 0.6 is 0 Å². The van der Waals surface area contributed by atoms with Crippen LogP contribution in [0.5, 0.6) is 35.0 Å². The van der Waals surface area contributed by atoms with Crippen LogP contribution in [-0.4, -0.2) is 70.4 Å². The number of nitrogen functional groups attached to an aromatic ring is 1. The summed E-state index contributed by atoms with van der Waals surface area (Å²) in [5.41, 5.74) is 5.86. The van der Waals surface area contributed by atoms with Crippen molar-refractivity contribution in [2.45, 2.75) is 33.3 Å². The van der Waals surface area contributed by atoms with E-state index < -0.39 is 23.9 Å². The number of ether oxygens (including phenoxy) is 4. The number of anilines is 1. The van der Waals surface area contributed by atoms with Gasteiger partial charge in [-0.1, -0.05) is 13.8 Å². The van der Waals surface area contributed by atoms with Crippen LogP contribution in [0.3, 0.4) is 0 Å². The van der Waals surface area contributed by atoms with Gasteiger partial charge in [0.15, 0.2) is 23.3 Å². The number of carbonyl (C=O) groups excluding carboxylic acids is 2. The van der Waals surface area contributed by atoms with E-state index in [-0.39, 0.29) is 57.8 Å². The van der Waals surface area contributed by atoms with Crippen molar-refractivity contribution in [1.82, 2.24) is 14.9 Å². The van der Waals surface area contributed by atoms with Crippen LogP contribution in [0.2, 0.25) is 0 Å². The summed E-state index contributed by atoms with van der Waals surface area (Å²) in [6, 6.07) is 8.17. The Balaban J connectivity index is 1.84. The van der Waals surface area contributed by atoms with Crippen LogP contribution in [0, 0.1) is 11.3 Å². The summed E-state index contributed by atoms with van der Waals surface area (Å²) in [6.45, 7) is 5.87. The van der Waals surface area contributed by atoms with E-state index >= 15 is 0 Å². The highest BCUT2D eigenvalue weighted by molar-refractivity contribution is 5.99. The first-order chi connectivity index (χ1) is 20.4. The highest BCUT2D eigenvalue weighted by Crippen LogP contribution is 2.42. The van der Waals surface area contributed by atoms with E-state index in [1.807, 2.05) is 13.8 Å². The Morgan fingerprint density at radius 1 is 1.09 bits per heavy atom. The van der Waals surface area contributed by atoms with Crippen molar-refractivity contribution in [3.05, 3.63) is 53.1 Å². The number of fused-ring (bicyclic) bond motifs is 1. The molecule has 14 heteroatoms. The third-order valence-corrected chi connectivity index (χ3v) is 6.51. The number of carboxylic acids is 1. The molecular weight excluding hydrogens is 560 g/mol. The summed E-state index contributed by atoms with van der Waals surface area (Å²) in [6.07, 6.45) is -0.224. The molecular formula is C29H32N6O8. The number of nitrogens with zero attached hydrogens (tertiary/aromatic N) is 3. The molecule has 0 spiro atoms. The molecule has 2 amide bonds. The van der Waals surface area contributed by atoms with Crippen molar-refractivity contribution in [2.75, 3.05) is 26.0 Å². The van der Waals surface area contributed by atoms with Crippen LogP contribution in [0.4, 0.5) is 5.69 Å². The number of carbonyl (C=O) groups is 3. The van der Waals surface area contributed by atoms with Gasteiger partial charge in [0.2, 0.25) is 5.88 Å². The number of benzene rings is 2. The van der Waals surface area contributed by atoms with Crippen molar-refractivity contribution >= 4 is 29.3 Å². The van der Waals surface area contributed by atoms with Gasteiger partial charge in [0.25, 0.3) is 17.7 Å². The molecule has 0 bridgehead atoms. The van der Waals surface area contributed by atoms with Crippen molar-refractivity contribution in [3.63, 3.8) is 0 Å². The summed E-state index contributed by atoms with van der Waals surface area (Å²) < 4.78 is 23.6. The zero-order valence-corrected chi connectivity index (χ0v) is 24.3. The second-order valence-corrected chi connectivity index (χ2v) is 9.87. The number of amidine groups is 1. The lowest BCUT2D eigenvalue weighted by molar-refractivity contribution is -0.125. The van der Waals surface area contributed by atoms with Crippen LogP contribution < -0.4 is 30.0 Å². The van der Waals surface area contributed by atoms with E-state index in [1.54, 1.807) is 19.1 Å². The second kappa shape index (κ2) is 12.6.